The van der Waals surface area contributed by atoms with Gasteiger partial charge in [0.2, 0.25) is 0 Å². The van der Waals surface area contributed by atoms with Gasteiger partial charge in [-0.1, -0.05) is 66.2 Å². The molecule has 3 aromatic rings. The molecule has 0 heterocycles. The lowest BCUT2D eigenvalue weighted by molar-refractivity contribution is -0.139. The standard InChI is InChI=1S/C26H21ClF3NO4/c27-22-13-15(9-11-21(22)26(28,29)30)10-12-23(24(32)33)31-25(34)35-14-20-18-7-3-1-5-16(18)17-6-2-4-8-19(17)20/h1-9,11,13,20,23H,10,12,14H2,(H,31,34)(H,32,33)/t23-/m0/s1. The van der Waals surface area contributed by atoms with Gasteiger partial charge >= 0.3 is 18.2 Å². The van der Waals surface area contributed by atoms with E-state index in [0.717, 1.165) is 34.4 Å². The number of fused-ring (bicyclic) bond motifs is 3. The van der Waals surface area contributed by atoms with E-state index in [1.807, 2.05) is 48.5 Å². The van der Waals surface area contributed by atoms with Crippen LogP contribution in [-0.4, -0.2) is 29.8 Å². The third-order valence-electron chi connectivity index (χ3n) is 5.99. The van der Waals surface area contributed by atoms with Gasteiger partial charge in [0, 0.05) is 5.92 Å². The number of benzene rings is 3. The van der Waals surface area contributed by atoms with E-state index in [-0.39, 0.29) is 25.4 Å². The van der Waals surface area contributed by atoms with Crippen molar-refractivity contribution in [1.29, 1.82) is 0 Å². The molecular formula is C26H21ClF3NO4. The zero-order valence-electron chi connectivity index (χ0n) is 18.3. The lowest BCUT2D eigenvalue weighted by atomic mass is 9.98. The van der Waals surface area contributed by atoms with Gasteiger partial charge in [0.25, 0.3) is 0 Å². The van der Waals surface area contributed by atoms with Crippen molar-refractivity contribution < 1.29 is 32.6 Å². The fraction of sp³-hybridized carbons (Fsp3) is 0.231. The number of halogens is 4. The monoisotopic (exact) mass is 503 g/mol. The number of aryl methyl sites for hydroxylation is 1. The highest BCUT2D eigenvalue weighted by Gasteiger charge is 2.33. The predicted octanol–water partition coefficient (Wildman–Crippen LogP) is 6.28. The summed E-state index contributed by atoms with van der Waals surface area (Å²) >= 11 is 5.73. The van der Waals surface area contributed by atoms with Crippen LogP contribution in [0.4, 0.5) is 18.0 Å². The highest BCUT2D eigenvalue weighted by molar-refractivity contribution is 6.31. The molecule has 0 saturated carbocycles. The molecule has 0 fully saturated rings. The Bertz CT molecular complexity index is 1220. The van der Waals surface area contributed by atoms with Gasteiger partial charge in [-0.25, -0.2) is 9.59 Å². The molecule has 0 radical (unpaired) electrons. The molecule has 2 N–H and O–H groups in total. The first-order valence-corrected chi connectivity index (χ1v) is 11.2. The molecule has 3 aromatic carbocycles. The maximum Gasteiger partial charge on any atom is 0.417 e. The van der Waals surface area contributed by atoms with E-state index < -0.39 is 34.9 Å². The van der Waals surface area contributed by atoms with Crippen molar-refractivity contribution in [1.82, 2.24) is 5.32 Å². The van der Waals surface area contributed by atoms with Crippen molar-refractivity contribution in [3.63, 3.8) is 0 Å². The maximum atomic E-state index is 12.9. The van der Waals surface area contributed by atoms with E-state index in [2.05, 4.69) is 5.32 Å². The summed E-state index contributed by atoms with van der Waals surface area (Å²) in [6.07, 6.45) is -5.42. The summed E-state index contributed by atoms with van der Waals surface area (Å²) in [5, 5.41) is 11.4. The highest BCUT2D eigenvalue weighted by atomic mass is 35.5. The van der Waals surface area contributed by atoms with Gasteiger partial charge in [-0.2, -0.15) is 13.2 Å². The second kappa shape index (κ2) is 10.00. The Hall–Kier alpha value is -3.52. The number of carboxylic acids is 1. The predicted molar refractivity (Wildman–Crippen MR) is 124 cm³/mol. The minimum Gasteiger partial charge on any atom is -0.480 e. The number of aliphatic carboxylic acids is 1. The van der Waals surface area contributed by atoms with E-state index in [9.17, 15) is 27.9 Å². The van der Waals surface area contributed by atoms with Gasteiger partial charge in [0.05, 0.1) is 10.6 Å². The van der Waals surface area contributed by atoms with Crippen LogP contribution >= 0.6 is 11.6 Å². The number of amides is 1. The normalized spacial score (nSPS) is 13.6. The van der Waals surface area contributed by atoms with Crippen LogP contribution in [0.15, 0.2) is 66.7 Å². The molecule has 0 unspecified atom stereocenters. The minimum absolute atomic E-state index is 0.0285. The molecule has 9 heteroatoms. The van der Waals surface area contributed by atoms with E-state index in [0.29, 0.717) is 5.56 Å². The third-order valence-corrected chi connectivity index (χ3v) is 6.31. The van der Waals surface area contributed by atoms with E-state index >= 15 is 0 Å². The van der Waals surface area contributed by atoms with E-state index in [1.165, 1.54) is 6.07 Å². The van der Waals surface area contributed by atoms with Gasteiger partial charge in [-0.05, 0) is 52.8 Å². The molecule has 1 amide bonds. The fourth-order valence-electron chi connectivity index (χ4n) is 4.29. The van der Waals surface area contributed by atoms with Crippen LogP contribution in [0.25, 0.3) is 11.1 Å². The number of alkyl halides is 3. The van der Waals surface area contributed by atoms with Crippen molar-refractivity contribution in [2.45, 2.75) is 31.0 Å². The highest BCUT2D eigenvalue weighted by Crippen LogP contribution is 2.44. The van der Waals surface area contributed by atoms with Gasteiger partial charge < -0.3 is 15.2 Å². The van der Waals surface area contributed by atoms with Crippen LogP contribution in [-0.2, 0) is 22.1 Å². The van der Waals surface area contributed by atoms with Gasteiger partial charge in [0.1, 0.15) is 12.6 Å². The zero-order valence-corrected chi connectivity index (χ0v) is 19.1. The molecule has 1 atom stereocenters. The number of alkyl carbamates (subject to hydrolysis) is 1. The Balaban J connectivity index is 1.37. The van der Waals surface area contributed by atoms with Gasteiger partial charge in [-0.15, -0.1) is 0 Å². The topological polar surface area (TPSA) is 75.6 Å². The number of ether oxygens (including phenoxy) is 1. The summed E-state index contributed by atoms with van der Waals surface area (Å²) in [6.45, 7) is 0.0285. The Morgan fingerprint density at radius 3 is 2.14 bits per heavy atom. The number of hydrogen-bond donors (Lipinski definition) is 2. The Morgan fingerprint density at radius 1 is 1.00 bits per heavy atom. The van der Waals surface area contributed by atoms with E-state index in [1.54, 1.807) is 0 Å². The Labute approximate surface area is 204 Å². The number of carbonyl (C=O) groups is 2. The SMILES string of the molecule is O=C(N[C@@H](CCc1ccc(C(F)(F)F)c(Cl)c1)C(=O)O)OCC1c2ccccc2-c2ccccc21. The second-order valence-corrected chi connectivity index (χ2v) is 8.62. The maximum absolute atomic E-state index is 12.9. The van der Waals surface area contributed by atoms with Crippen molar-refractivity contribution in [3.8, 4) is 11.1 Å². The van der Waals surface area contributed by atoms with Crippen molar-refractivity contribution in [2.75, 3.05) is 6.61 Å². The van der Waals surface area contributed by atoms with Crippen LogP contribution in [0.1, 0.15) is 34.6 Å². The first kappa shape index (κ1) is 24.6. The Kier molecular flexibility index (Phi) is 7.03. The summed E-state index contributed by atoms with van der Waals surface area (Å²) in [4.78, 5) is 24.1. The fourth-order valence-corrected chi connectivity index (χ4v) is 4.61. The molecule has 4 rings (SSSR count). The van der Waals surface area contributed by atoms with Crippen LogP contribution in [0, 0.1) is 0 Å². The number of carboxylic acid groups (broad SMARTS) is 1. The molecule has 5 nitrogen and oxygen atoms in total. The molecule has 0 bridgehead atoms. The van der Waals surface area contributed by atoms with Crippen LogP contribution < -0.4 is 5.32 Å². The van der Waals surface area contributed by atoms with E-state index in [4.69, 9.17) is 16.3 Å². The molecule has 1 aliphatic rings. The smallest absolute Gasteiger partial charge is 0.417 e. The lowest BCUT2D eigenvalue weighted by Crippen LogP contribution is -2.41. The van der Waals surface area contributed by atoms with Gasteiger partial charge in [-0.3, -0.25) is 0 Å². The average Bonchev–Trinajstić information content (AvgIpc) is 3.13. The van der Waals surface area contributed by atoms with Crippen molar-refractivity contribution in [2.24, 2.45) is 0 Å². The van der Waals surface area contributed by atoms with Crippen LogP contribution in [0.3, 0.4) is 0 Å². The summed E-state index contributed by atoms with van der Waals surface area (Å²) in [7, 11) is 0. The lowest BCUT2D eigenvalue weighted by Gasteiger charge is -2.18. The molecule has 0 aliphatic heterocycles. The first-order chi connectivity index (χ1) is 16.6. The number of nitrogens with one attached hydrogen (secondary N) is 1. The largest absolute Gasteiger partial charge is 0.480 e. The summed E-state index contributed by atoms with van der Waals surface area (Å²) in [6, 6.07) is 17.6. The number of hydrogen-bond acceptors (Lipinski definition) is 3. The molecule has 35 heavy (non-hydrogen) atoms. The Morgan fingerprint density at radius 2 is 1.60 bits per heavy atom. The second-order valence-electron chi connectivity index (χ2n) is 8.21. The summed E-state index contributed by atoms with van der Waals surface area (Å²) in [5.41, 5.74) is 3.63. The van der Waals surface area contributed by atoms with Gasteiger partial charge in [0.15, 0.2) is 0 Å². The number of carbonyl (C=O) groups excluding carboxylic acids is 1. The molecular weight excluding hydrogens is 483 g/mol. The first-order valence-electron chi connectivity index (χ1n) is 10.8. The molecule has 0 saturated heterocycles. The van der Waals surface area contributed by atoms with Crippen LogP contribution in [0.2, 0.25) is 5.02 Å². The molecule has 0 aromatic heterocycles. The molecule has 1 aliphatic carbocycles. The zero-order chi connectivity index (χ0) is 25.2. The number of rotatable bonds is 7. The average molecular weight is 504 g/mol. The minimum atomic E-state index is -4.58. The van der Waals surface area contributed by atoms with Crippen LogP contribution in [0.5, 0.6) is 0 Å². The van der Waals surface area contributed by atoms with Crippen molar-refractivity contribution >= 4 is 23.7 Å². The molecule has 182 valence electrons. The quantitative estimate of drug-likeness (QED) is 0.397. The summed E-state index contributed by atoms with van der Waals surface area (Å²) in [5.74, 6) is -1.46. The van der Waals surface area contributed by atoms with Crippen molar-refractivity contribution in [3.05, 3.63) is 94.0 Å². The molecule has 0 spiro atoms. The third kappa shape index (κ3) is 5.43. The summed E-state index contributed by atoms with van der Waals surface area (Å²) < 4.78 is 44.0.